The molecule has 1 aliphatic carbocycles. The van der Waals surface area contributed by atoms with E-state index in [9.17, 15) is 4.21 Å². The molecule has 0 aromatic heterocycles. The molecule has 1 atom stereocenters. The largest absolute Gasteiger partial charge is 0.234 e. The quantitative estimate of drug-likeness (QED) is 0.725. The standard InChI is InChI=1S/C13H17NOS/c1-13(2,3)16(15)14-9-10-4-5-11-6-7-12(11)8-10/h4-5,8-9H,6-7H2,1-3H3/b14-9+/t16-/m1/s1. The van der Waals surface area contributed by atoms with Crippen LogP contribution in [0.3, 0.4) is 0 Å². The molecule has 2 nitrogen and oxygen atoms in total. The molecule has 0 unspecified atom stereocenters. The van der Waals surface area contributed by atoms with Crippen molar-refractivity contribution in [3.05, 3.63) is 34.9 Å². The molecule has 1 aliphatic rings. The second-order valence-corrected chi connectivity index (χ2v) is 7.06. The van der Waals surface area contributed by atoms with Crippen LogP contribution in [0, 0.1) is 0 Å². The molecular weight excluding hydrogens is 218 g/mol. The van der Waals surface area contributed by atoms with E-state index in [1.54, 1.807) is 6.21 Å². The lowest BCUT2D eigenvalue weighted by molar-refractivity contribution is 0.651. The summed E-state index contributed by atoms with van der Waals surface area (Å²) in [5.74, 6) is 0. The van der Waals surface area contributed by atoms with Crippen molar-refractivity contribution in [1.29, 1.82) is 0 Å². The number of hydrogen-bond acceptors (Lipinski definition) is 1. The highest BCUT2D eigenvalue weighted by molar-refractivity contribution is 7.85. The van der Waals surface area contributed by atoms with Gasteiger partial charge in [-0.25, -0.2) is 4.21 Å². The van der Waals surface area contributed by atoms with Crippen molar-refractivity contribution in [2.75, 3.05) is 0 Å². The van der Waals surface area contributed by atoms with Crippen LogP contribution >= 0.6 is 0 Å². The van der Waals surface area contributed by atoms with E-state index < -0.39 is 11.0 Å². The van der Waals surface area contributed by atoms with Gasteiger partial charge in [0.1, 0.15) is 11.0 Å². The maximum atomic E-state index is 11.7. The van der Waals surface area contributed by atoms with Crippen LogP contribution in [0.4, 0.5) is 0 Å². The number of benzene rings is 1. The van der Waals surface area contributed by atoms with Gasteiger partial charge in [-0.05, 0) is 56.4 Å². The molecule has 0 N–H and O–H groups in total. The summed E-state index contributed by atoms with van der Waals surface area (Å²) < 4.78 is 15.5. The van der Waals surface area contributed by atoms with Crippen molar-refractivity contribution in [2.45, 2.75) is 38.4 Å². The molecule has 2 rings (SSSR count). The summed E-state index contributed by atoms with van der Waals surface area (Å²) in [5.41, 5.74) is 3.90. The first-order valence-corrected chi connectivity index (χ1v) is 6.65. The van der Waals surface area contributed by atoms with E-state index in [4.69, 9.17) is 0 Å². The maximum absolute atomic E-state index is 11.7. The van der Waals surface area contributed by atoms with Gasteiger partial charge in [0.2, 0.25) is 0 Å². The first-order chi connectivity index (χ1) is 7.47. The maximum Gasteiger partial charge on any atom is 0.144 e. The van der Waals surface area contributed by atoms with Gasteiger partial charge in [0.15, 0.2) is 0 Å². The second kappa shape index (κ2) is 4.13. The van der Waals surface area contributed by atoms with Crippen molar-refractivity contribution >= 4 is 17.2 Å². The summed E-state index contributed by atoms with van der Waals surface area (Å²) in [4.78, 5) is 0. The average molecular weight is 235 g/mol. The first-order valence-electron chi connectivity index (χ1n) is 5.55. The molecule has 1 aromatic rings. The fraction of sp³-hybridized carbons (Fsp3) is 0.462. The lowest BCUT2D eigenvalue weighted by Gasteiger charge is -2.18. The van der Waals surface area contributed by atoms with Crippen molar-refractivity contribution in [2.24, 2.45) is 4.40 Å². The molecule has 0 saturated heterocycles. The molecule has 0 saturated carbocycles. The van der Waals surface area contributed by atoms with Gasteiger partial charge in [0, 0.05) is 6.21 Å². The molecule has 0 radical (unpaired) electrons. The number of hydrogen-bond donors (Lipinski definition) is 0. The summed E-state index contributed by atoms with van der Waals surface area (Å²) in [6.45, 7) is 5.79. The van der Waals surface area contributed by atoms with Crippen molar-refractivity contribution in [3.63, 3.8) is 0 Å². The summed E-state index contributed by atoms with van der Waals surface area (Å²) in [5, 5.41) is 0. The third kappa shape index (κ3) is 2.40. The van der Waals surface area contributed by atoms with Crippen LogP contribution in [0.15, 0.2) is 22.6 Å². The Morgan fingerprint density at radius 2 is 1.94 bits per heavy atom. The predicted octanol–water partition coefficient (Wildman–Crippen LogP) is 2.67. The third-order valence-corrected chi connectivity index (χ3v) is 4.06. The average Bonchev–Trinajstić information content (AvgIpc) is 2.16. The van der Waals surface area contributed by atoms with Crippen molar-refractivity contribution < 1.29 is 4.21 Å². The summed E-state index contributed by atoms with van der Waals surface area (Å²) in [7, 11) is -1.16. The smallest absolute Gasteiger partial charge is 0.144 e. The first kappa shape index (κ1) is 11.5. The predicted molar refractivity (Wildman–Crippen MR) is 69.3 cm³/mol. The summed E-state index contributed by atoms with van der Waals surface area (Å²) in [6.07, 6.45) is 4.08. The molecule has 3 heteroatoms. The SMILES string of the molecule is CC(C)(C)[S@@](=O)/N=C/c1ccc2c(c1)CC2. The number of aryl methyl sites for hydroxylation is 2. The topological polar surface area (TPSA) is 29.4 Å². The lowest BCUT2D eigenvalue weighted by Crippen LogP contribution is -2.19. The monoisotopic (exact) mass is 235 g/mol. The Kier molecular flexibility index (Phi) is 2.98. The van der Waals surface area contributed by atoms with E-state index in [1.165, 1.54) is 24.0 Å². The molecule has 0 fully saturated rings. The van der Waals surface area contributed by atoms with Gasteiger partial charge in [-0.15, -0.1) is 0 Å². The molecule has 0 spiro atoms. The molecule has 1 aromatic carbocycles. The highest BCUT2D eigenvalue weighted by Crippen LogP contribution is 2.23. The Morgan fingerprint density at radius 1 is 1.25 bits per heavy atom. The van der Waals surface area contributed by atoms with Gasteiger partial charge in [0.05, 0.1) is 4.75 Å². The van der Waals surface area contributed by atoms with E-state index >= 15 is 0 Å². The molecular formula is C13H17NOS. The Bertz CT molecular complexity index is 457. The zero-order valence-electron chi connectivity index (χ0n) is 9.99. The highest BCUT2D eigenvalue weighted by atomic mass is 32.2. The van der Waals surface area contributed by atoms with E-state index in [1.807, 2.05) is 26.8 Å². The molecule has 0 heterocycles. The Morgan fingerprint density at radius 3 is 2.44 bits per heavy atom. The summed E-state index contributed by atoms with van der Waals surface area (Å²) >= 11 is 0. The van der Waals surface area contributed by atoms with Crippen LogP contribution in [-0.2, 0) is 23.8 Å². The molecule has 86 valence electrons. The third-order valence-electron chi connectivity index (χ3n) is 2.72. The molecule has 0 aliphatic heterocycles. The van der Waals surface area contributed by atoms with Gasteiger partial charge >= 0.3 is 0 Å². The zero-order valence-corrected chi connectivity index (χ0v) is 10.8. The summed E-state index contributed by atoms with van der Waals surface area (Å²) in [6, 6.07) is 6.32. The van der Waals surface area contributed by atoms with Crippen LogP contribution in [-0.4, -0.2) is 15.2 Å². The number of rotatable bonds is 2. The number of nitrogens with zero attached hydrogens (tertiary/aromatic N) is 1. The Labute approximate surface area is 99.4 Å². The molecule has 0 amide bonds. The minimum absolute atomic E-state index is 0.281. The molecule has 0 bridgehead atoms. The van der Waals surface area contributed by atoms with Gasteiger partial charge in [-0.3, -0.25) is 0 Å². The van der Waals surface area contributed by atoms with Crippen LogP contribution in [0.5, 0.6) is 0 Å². The Balaban J connectivity index is 2.12. The zero-order chi connectivity index (χ0) is 11.8. The van der Waals surface area contributed by atoms with E-state index in [0.717, 1.165) is 5.56 Å². The van der Waals surface area contributed by atoms with Crippen LogP contribution in [0.2, 0.25) is 0 Å². The van der Waals surface area contributed by atoms with Gasteiger partial charge in [-0.1, -0.05) is 12.1 Å². The van der Waals surface area contributed by atoms with Crippen LogP contribution in [0.25, 0.3) is 0 Å². The van der Waals surface area contributed by atoms with Gasteiger partial charge in [-0.2, -0.15) is 4.40 Å². The number of fused-ring (bicyclic) bond motifs is 1. The van der Waals surface area contributed by atoms with Gasteiger partial charge < -0.3 is 0 Å². The van der Waals surface area contributed by atoms with E-state index in [2.05, 4.69) is 16.5 Å². The normalized spacial score (nSPS) is 16.9. The van der Waals surface area contributed by atoms with Crippen molar-refractivity contribution in [1.82, 2.24) is 0 Å². The lowest BCUT2D eigenvalue weighted by atomic mass is 9.87. The fourth-order valence-electron chi connectivity index (χ4n) is 1.56. The molecule has 16 heavy (non-hydrogen) atoms. The van der Waals surface area contributed by atoms with Crippen LogP contribution in [0.1, 0.15) is 37.5 Å². The minimum atomic E-state index is -1.16. The van der Waals surface area contributed by atoms with E-state index in [-0.39, 0.29) is 4.75 Å². The van der Waals surface area contributed by atoms with E-state index in [0.29, 0.717) is 0 Å². The highest BCUT2D eigenvalue weighted by Gasteiger charge is 2.18. The van der Waals surface area contributed by atoms with Crippen LogP contribution < -0.4 is 0 Å². The Hall–Kier alpha value is -0.960. The second-order valence-electron chi connectivity index (χ2n) is 5.12. The van der Waals surface area contributed by atoms with Crippen molar-refractivity contribution in [3.8, 4) is 0 Å². The fourth-order valence-corrected chi connectivity index (χ4v) is 2.10. The minimum Gasteiger partial charge on any atom is -0.234 e. The van der Waals surface area contributed by atoms with Gasteiger partial charge in [0.25, 0.3) is 0 Å².